The maximum atomic E-state index is 6.11. The van der Waals surface area contributed by atoms with Gasteiger partial charge in [-0.2, -0.15) is 0 Å². The molecule has 0 fully saturated rings. The number of rotatable bonds is 4. The standard InChI is InChI=1S/C15H22N4/c1-5-12(16)15-13(6-2)19(18-17-15)14-8-7-10(3)9-11(14)4/h7-9,12H,5-6,16H2,1-4H3. The molecule has 0 aliphatic rings. The summed E-state index contributed by atoms with van der Waals surface area (Å²) in [4.78, 5) is 0. The van der Waals surface area contributed by atoms with Crippen molar-refractivity contribution in [2.24, 2.45) is 5.73 Å². The molecule has 1 unspecified atom stereocenters. The van der Waals surface area contributed by atoms with Gasteiger partial charge in [-0.15, -0.1) is 5.10 Å². The van der Waals surface area contributed by atoms with Crippen LogP contribution in [0.25, 0.3) is 5.69 Å². The molecule has 0 amide bonds. The van der Waals surface area contributed by atoms with E-state index >= 15 is 0 Å². The van der Waals surface area contributed by atoms with Gasteiger partial charge < -0.3 is 5.73 Å². The Morgan fingerprint density at radius 2 is 2.00 bits per heavy atom. The molecule has 2 N–H and O–H groups in total. The van der Waals surface area contributed by atoms with Gasteiger partial charge in [0.15, 0.2) is 0 Å². The van der Waals surface area contributed by atoms with Crippen molar-refractivity contribution in [2.75, 3.05) is 0 Å². The summed E-state index contributed by atoms with van der Waals surface area (Å²) in [5.74, 6) is 0. The Kier molecular flexibility index (Phi) is 4.00. The smallest absolute Gasteiger partial charge is 0.103 e. The number of hydrogen-bond acceptors (Lipinski definition) is 3. The molecule has 0 aliphatic carbocycles. The minimum atomic E-state index is -0.0329. The molecule has 2 aromatic rings. The van der Waals surface area contributed by atoms with E-state index in [-0.39, 0.29) is 6.04 Å². The quantitative estimate of drug-likeness (QED) is 0.917. The fourth-order valence-corrected chi connectivity index (χ4v) is 2.36. The lowest BCUT2D eigenvalue weighted by molar-refractivity contribution is 0.665. The minimum absolute atomic E-state index is 0.0329. The first-order valence-electron chi connectivity index (χ1n) is 6.86. The molecule has 0 aliphatic heterocycles. The third-order valence-corrected chi connectivity index (χ3v) is 3.50. The molecule has 0 saturated carbocycles. The van der Waals surface area contributed by atoms with Gasteiger partial charge in [0.05, 0.1) is 17.4 Å². The molecule has 1 atom stereocenters. The van der Waals surface area contributed by atoms with E-state index in [1.54, 1.807) is 0 Å². The summed E-state index contributed by atoms with van der Waals surface area (Å²) in [7, 11) is 0. The Labute approximate surface area is 114 Å². The number of aromatic nitrogens is 3. The van der Waals surface area contributed by atoms with Gasteiger partial charge in [0.2, 0.25) is 0 Å². The van der Waals surface area contributed by atoms with E-state index in [0.29, 0.717) is 0 Å². The average molecular weight is 258 g/mol. The molecule has 1 heterocycles. The van der Waals surface area contributed by atoms with Crippen LogP contribution in [0.3, 0.4) is 0 Å². The SMILES string of the molecule is CCc1c(C(N)CC)nnn1-c1ccc(C)cc1C. The van der Waals surface area contributed by atoms with Crippen LogP contribution in [0, 0.1) is 13.8 Å². The summed E-state index contributed by atoms with van der Waals surface area (Å²) in [6.07, 6.45) is 1.75. The summed E-state index contributed by atoms with van der Waals surface area (Å²) in [6, 6.07) is 6.33. The second kappa shape index (κ2) is 5.53. The zero-order chi connectivity index (χ0) is 14.0. The highest BCUT2D eigenvalue weighted by molar-refractivity contribution is 5.43. The van der Waals surface area contributed by atoms with E-state index in [0.717, 1.165) is 29.9 Å². The van der Waals surface area contributed by atoms with E-state index in [1.165, 1.54) is 11.1 Å². The summed E-state index contributed by atoms with van der Waals surface area (Å²) < 4.78 is 1.93. The highest BCUT2D eigenvalue weighted by Crippen LogP contribution is 2.22. The molecular formula is C15H22N4. The Hall–Kier alpha value is -1.68. The van der Waals surface area contributed by atoms with Crippen LogP contribution in [0.2, 0.25) is 0 Å². The Morgan fingerprint density at radius 3 is 2.58 bits per heavy atom. The summed E-state index contributed by atoms with van der Waals surface area (Å²) in [5, 5.41) is 8.59. The fourth-order valence-electron chi connectivity index (χ4n) is 2.36. The number of hydrogen-bond donors (Lipinski definition) is 1. The summed E-state index contributed by atoms with van der Waals surface area (Å²) >= 11 is 0. The third-order valence-electron chi connectivity index (χ3n) is 3.50. The molecule has 2 rings (SSSR count). The van der Waals surface area contributed by atoms with Gasteiger partial charge in [-0.1, -0.05) is 36.8 Å². The molecular weight excluding hydrogens is 236 g/mol. The van der Waals surface area contributed by atoms with Crippen molar-refractivity contribution in [3.8, 4) is 5.69 Å². The van der Waals surface area contributed by atoms with Gasteiger partial charge in [-0.3, -0.25) is 0 Å². The maximum absolute atomic E-state index is 6.11. The first kappa shape index (κ1) is 13.7. The monoisotopic (exact) mass is 258 g/mol. The second-order valence-corrected chi connectivity index (χ2v) is 4.99. The zero-order valence-corrected chi connectivity index (χ0v) is 12.1. The van der Waals surface area contributed by atoms with Crippen LogP contribution in [0.15, 0.2) is 18.2 Å². The van der Waals surface area contributed by atoms with Gasteiger partial charge in [-0.05, 0) is 38.3 Å². The van der Waals surface area contributed by atoms with Gasteiger partial charge in [0.1, 0.15) is 5.69 Å². The maximum Gasteiger partial charge on any atom is 0.103 e. The Balaban J connectivity index is 2.53. The first-order chi connectivity index (χ1) is 9.08. The molecule has 102 valence electrons. The minimum Gasteiger partial charge on any atom is -0.323 e. The van der Waals surface area contributed by atoms with E-state index in [9.17, 15) is 0 Å². The van der Waals surface area contributed by atoms with Gasteiger partial charge in [0.25, 0.3) is 0 Å². The fraction of sp³-hybridized carbons (Fsp3) is 0.467. The van der Waals surface area contributed by atoms with Crippen molar-refractivity contribution in [1.82, 2.24) is 15.0 Å². The molecule has 4 heteroatoms. The van der Waals surface area contributed by atoms with Crippen LogP contribution >= 0.6 is 0 Å². The van der Waals surface area contributed by atoms with E-state index in [1.807, 2.05) is 4.68 Å². The number of benzene rings is 1. The number of nitrogens with zero attached hydrogens (tertiary/aromatic N) is 3. The van der Waals surface area contributed by atoms with Gasteiger partial charge in [-0.25, -0.2) is 4.68 Å². The van der Waals surface area contributed by atoms with Crippen molar-refractivity contribution in [3.63, 3.8) is 0 Å². The average Bonchev–Trinajstić information content (AvgIpc) is 2.81. The lowest BCUT2D eigenvalue weighted by Crippen LogP contribution is -2.12. The molecule has 4 nitrogen and oxygen atoms in total. The Bertz CT molecular complexity index is 572. The zero-order valence-electron chi connectivity index (χ0n) is 12.1. The molecule has 1 aromatic heterocycles. The van der Waals surface area contributed by atoms with Crippen LogP contribution in [0.5, 0.6) is 0 Å². The van der Waals surface area contributed by atoms with Crippen molar-refractivity contribution < 1.29 is 0 Å². The predicted molar refractivity (Wildman–Crippen MR) is 77.4 cm³/mol. The lowest BCUT2D eigenvalue weighted by Gasteiger charge is -2.11. The number of aryl methyl sites for hydroxylation is 2. The molecule has 1 aromatic carbocycles. The molecule has 19 heavy (non-hydrogen) atoms. The largest absolute Gasteiger partial charge is 0.323 e. The van der Waals surface area contributed by atoms with Crippen LogP contribution in [-0.4, -0.2) is 15.0 Å². The highest BCUT2D eigenvalue weighted by Gasteiger charge is 2.18. The number of nitrogens with two attached hydrogens (primary N) is 1. The molecule has 0 saturated heterocycles. The highest BCUT2D eigenvalue weighted by atomic mass is 15.4. The first-order valence-corrected chi connectivity index (χ1v) is 6.86. The van der Waals surface area contributed by atoms with E-state index in [4.69, 9.17) is 5.73 Å². The predicted octanol–water partition coefficient (Wildman–Crippen LogP) is 2.86. The molecule has 0 bridgehead atoms. The van der Waals surface area contributed by atoms with Gasteiger partial charge >= 0.3 is 0 Å². The third kappa shape index (κ3) is 2.54. The molecule has 0 spiro atoms. The van der Waals surface area contributed by atoms with Crippen LogP contribution in [0.1, 0.15) is 48.8 Å². The van der Waals surface area contributed by atoms with Crippen molar-refractivity contribution in [1.29, 1.82) is 0 Å². The normalized spacial score (nSPS) is 12.7. The van der Waals surface area contributed by atoms with Gasteiger partial charge in [0, 0.05) is 0 Å². The Morgan fingerprint density at radius 1 is 1.26 bits per heavy atom. The van der Waals surface area contributed by atoms with Crippen molar-refractivity contribution in [2.45, 2.75) is 46.6 Å². The van der Waals surface area contributed by atoms with Crippen LogP contribution in [0.4, 0.5) is 0 Å². The topological polar surface area (TPSA) is 56.7 Å². The van der Waals surface area contributed by atoms with E-state index < -0.39 is 0 Å². The van der Waals surface area contributed by atoms with Crippen LogP contribution in [-0.2, 0) is 6.42 Å². The second-order valence-electron chi connectivity index (χ2n) is 4.99. The van der Waals surface area contributed by atoms with Crippen LogP contribution < -0.4 is 5.73 Å². The summed E-state index contributed by atoms with van der Waals surface area (Å²) in [5.41, 5.74) is 11.7. The molecule has 0 radical (unpaired) electrons. The van der Waals surface area contributed by atoms with Crippen molar-refractivity contribution in [3.05, 3.63) is 40.7 Å². The lowest BCUT2D eigenvalue weighted by atomic mass is 10.1. The summed E-state index contributed by atoms with van der Waals surface area (Å²) in [6.45, 7) is 8.38. The van der Waals surface area contributed by atoms with Crippen molar-refractivity contribution >= 4 is 0 Å². The van der Waals surface area contributed by atoms with E-state index in [2.05, 4.69) is 56.2 Å².